The molecular formula is C21H25ClN2O3S. The van der Waals surface area contributed by atoms with Crippen LogP contribution >= 0.6 is 24.2 Å². The number of amides is 1. The molecule has 2 aromatic carbocycles. The Morgan fingerprint density at radius 3 is 2.50 bits per heavy atom. The smallest absolute Gasteiger partial charge is 0.227 e. The molecule has 0 radical (unpaired) electrons. The molecule has 2 aromatic rings. The van der Waals surface area contributed by atoms with Gasteiger partial charge in [0, 0.05) is 33.9 Å². The van der Waals surface area contributed by atoms with Crippen LogP contribution in [0.2, 0.25) is 0 Å². The SMILES string of the molecule is Cl.NC1CCCC(C(=O)Nc2cc3c(cc2Sc2ccccc2)OCCO3)C1. The molecule has 28 heavy (non-hydrogen) atoms. The molecule has 2 atom stereocenters. The normalized spacial score (nSPS) is 20.8. The number of fused-ring (bicyclic) bond motifs is 1. The molecule has 0 aromatic heterocycles. The predicted molar refractivity (Wildman–Crippen MR) is 114 cm³/mol. The summed E-state index contributed by atoms with van der Waals surface area (Å²) in [5.41, 5.74) is 6.82. The highest BCUT2D eigenvalue weighted by atomic mass is 35.5. The van der Waals surface area contributed by atoms with Crippen molar-refractivity contribution < 1.29 is 14.3 Å². The zero-order valence-corrected chi connectivity index (χ0v) is 17.2. The maximum absolute atomic E-state index is 12.8. The van der Waals surface area contributed by atoms with E-state index in [0.717, 1.165) is 46.9 Å². The molecule has 0 bridgehead atoms. The maximum Gasteiger partial charge on any atom is 0.227 e. The van der Waals surface area contributed by atoms with Gasteiger partial charge in [-0.1, -0.05) is 36.4 Å². The molecule has 0 spiro atoms. The van der Waals surface area contributed by atoms with E-state index < -0.39 is 0 Å². The van der Waals surface area contributed by atoms with E-state index in [1.807, 2.05) is 42.5 Å². The van der Waals surface area contributed by atoms with Gasteiger partial charge in [-0.05, 0) is 31.4 Å². The lowest BCUT2D eigenvalue weighted by Crippen LogP contribution is -2.34. The Hall–Kier alpha value is -1.89. The highest BCUT2D eigenvalue weighted by Crippen LogP contribution is 2.42. The Balaban J connectivity index is 0.00000225. The first-order chi connectivity index (χ1) is 13.2. The molecule has 3 N–H and O–H groups in total. The fourth-order valence-electron chi connectivity index (χ4n) is 3.57. The van der Waals surface area contributed by atoms with Gasteiger partial charge in [0.1, 0.15) is 13.2 Å². The minimum atomic E-state index is -0.0310. The van der Waals surface area contributed by atoms with E-state index in [9.17, 15) is 4.79 Å². The van der Waals surface area contributed by atoms with Gasteiger partial charge in [0.15, 0.2) is 11.5 Å². The monoisotopic (exact) mass is 420 g/mol. The Labute approximate surface area is 175 Å². The number of benzene rings is 2. The molecule has 0 saturated heterocycles. The molecule has 1 fully saturated rings. The van der Waals surface area contributed by atoms with E-state index in [1.165, 1.54) is 0 Å². The number of anilines is 1. The Kier molecular flexibility index (Phi) is 7.10. The Morgan fingerprint density at radius 2 is 1.79 bits per heavy atom. The molecule has 1 saturated carbocycles. The highest BCUT2D eigenvalue weighted by molar-refractivity contribution is 7.99. The molecule has 1 amide bonds. The number of halogens is 1. The van der Waals surface area contributed by atoms with E-state index in [4.69, 9.17) is 15.2 Å². The van der Waals surface area contributed by atoms with Crippen LogP contribution in [0.1, 0.15) is 25.7 Å². The zero-order valence-electron chi connectivity index (χ0n) is 15.6. The number of rotatable bonds is 4. The second-order valence-corrected chi connectivity index (χ2v) is 8.14. The lowest BCUT2D eigenvalue weighted by molar-refractivity contribution is -0.120. The van der Waals surface area contributed by atoms with Crippen molar-refractivity contribution in [1.82, 2.24) is 0 Å². The quantitative estimate of drug-likeness (QED) is 0.762. The summed E-state index contributed by atoms with van der Waals surface area (Å²) in [5, 5.41) is 3.12. The number of nitrogens with two attached hydrogens (primary N) is 1. The zero-order chi connectivity index (χ0) is 18.6. The molecule has 150 valence electrons. The fourth-order valence-corrected chi connectivity index (χ4v) is 4.50. The largest absolute Gasteiger partial charge is 0.486 e. The highest BCUT2D eigenvalue weighted by Gasteiger charge is 2.26. The number of hydrogen-bond acceptors (Lipinski definition) is 5. The van der Waals surface area contributed by atoms with E-state index >= 15 is 0 Å². The summed E-state index contributed by atoms with van der Waals surface area (Å²) in [6.45, 7) is 1.05. The fraction of sp³-hybridized carbons (Fsp3) is 0.381. The summed E-state index contributed by atoms with van der Waals surface area (Å²) in [4.78, 5) is 14.9. The second-order valence-electron chi connectivity index (χ2n) is 7.02. The molecule has 1 heterocycles. The molecule has 1 aliphatic heterocycles. The average Bonchev–Trinajstić information content (AvgIpc) is 2.69. The average molecular weight is 421 g/mol. The number of hydrogen-bond donors (Lipinski definition) is 2. The first kappa shape index (κ1) is 20.8. The van der Waals surface area contributed by atoms with Crippen molar-refractivity contribution in [1.29, 1.82) is 0 Å². The van der Waals surface area contributed by atoms with E-state index in [1.54, 1.807) is 11.8 Å². The topological polar surface area (TPSA) is 73.6 Å². The lowest BCUT2D eigenvalue weighted by atomic mass is 9.85. The molecule has 4 rings (SSSR count). The molecular weight excluding hydrogens is 396 g/mol. The molecule has 1 aliphatic carbocycles. The molecule has 2 unspecified atom stereocenters. The number of ether oxygens (including phenoxy) is 2. The van der Waals surface area contributed by atoms with Crippen molar-refractivity contribution in [2.45, 2.75) is 41.5 Å². The van der Waals surface area contributed by atoms with Crippen LogP contribution in [0.4, 0.5) is 5.69 Å². The summed E-state index contributed by atoms with van der Waals surface area (Å²) in [6, 6.07) is 14.0. The number of nitrogens with one attached hydrogen (secondary N) is 1. The van der Waals surface area contributed by atoms with Crippen molar-refractivity contribution >= 4 is 35.8 Å². The van der Waals surface area contributed by atoms with Crippen LogP contribution in [-0.2, 0) is 4.79 Å². The van der Waals surface area contributed by atoms with E-state index in [-0.39, 0.29) is 30.3 Å². The van der Waals surface area contributed by atoms with Crippen molar-refractivity contribution in [3.63, 3.8) is 0 Å². The summed E-state index contributed by atoms with van der Waals surface area (Å²) < 4.78 is 11.4. The minimum Gasteiger partial charge on any atom is -0.486 e. The van der Waals surface area contributed by atoms with Crippen molar-refractivity contribution in [3.8, 4) is 11.5 Å². The first-order valence-corrected chi connectivity index (χ1v) is 10.2. The van der Waals surface area contributed by atoms with Gasteiger partial charge < -0.3 is 20.5 Å². The lowest BCUT2D eigenvalue weighted by Gasteiger charge is -2.26. The summed E-state index contributed by atoms with van der Waals surface area (Å²) in [5.74, 6) is 1.40. The Bertz CT molecular complexity index is 819. The summed E-state index contributed by atoms with van der Waals surface area (Å²) >= 11 is 1.60. The Morgan fingerprint density at radius 1 is 1.07 bits per heavy atom. The second kappa shape index (κ2) is 9.54. The minimum absolute atomic E-state index is 0. The molecule has 7 heteroatoms. The number of carbonyl (C=O) groups is 1. The van der Waals surface area contributed by atoms with E-state index in [0.29, 0.717) is 19.0 Å². The van der Waals surface area contributed by atoms with Gasteiger partial charge >= 0.3 is 0 Å². The summed E-state index contributed by atoms with van der Waals surface area (Å²) in [7, 11) is 0. The van der Waals surface area contributed by atoms with Crippen LogP contribution in [-0.4, -0.2) is 25.2 Å². The van der Waals surface area contributed by atoms with Crippen LogP contribution in [0.5, 0.6) is 11.5 Å². The molecule has 5 nitrogen and oxygen atoms in total. The van der Waals surface area contributed by atoms with Crippen molar-refractivity contribution in [3.05, 3.63) is 42.5 Å². The third-order valence-corrected chi connectivity index (χ3v) is 6.02. The van der Waals surface area contributed by atoms with Crippen LogP contribution in [0.25, 0.3) is 0 Å². The maximum atomic E-state index is 12.8. The van der Waals surface area contributed by atoms with Crippen LogP contribution < -0.4 is 20.5 Å². The van der Waals surface area contributed by atoms with E-state index in [2.05, 4.69) is 5.32 Å². The van der Waals surface area contributed by atoms with Gasteiger partial charge in [-0.25, -0.2) is 0 Å². The van der Waals surface area contributed by atoms with Crippen LogP contribution in [0.15, 0.2) is 52.3 Å². The van der Waals surface area contributed by atoms with Gasteiger partial charge in [0.05, 0.1) is 5.69 Å². The van der Waals surface area contributed by atoms with Gasteiger partial charge in [-0.2, -0.15) is 0 Å². The first-order valence-electron chi connectivity index (χ1n) is 9.42. The third-order valence-electron chi connectivity index (χ3n) is 4.96. The predicted octanol–water partition coefficient (Wildman–Crippen LogP) is 4.49. The standard InChI is InChI=1S/C21H24N2O3S.ClH/c22-15-6-4-5-14(11-15)21(24)23-17-12-18-19(26-10-9-25-18)13-20(17)27-16-7-2-1-3-8-16;/h1-3,7-8,12-15H,4-6,9-11,22H2,(H,23,24);1H. The number of carbonyl (C=O) groups excluding carboxylic acids is 1. The third kappa shape index (κ3) is 4.93. The molecule has 2 aliphatic rings. The van der Waals surface area contributed by atoms with Crippen LogP contribution in [0.3, 0.4) is 0 Å². The van der Waals surface area contributed by atoms with Gasteiger partial charge in [-0.15, -0.1) is 12.4 Å². The van der Waals surface area contributed by atoms with Gasteiger partial charge in [0.25, 0.3) is 0 Å². The van der Waals surface area contributed by atoms with Gasteiger partial charge in [0.2, 0.25) is 5.91 Å². The van der Waals surface area contributed by atoms with Gasteiger partial charge in [-0.3, -0.25) is 4.79 Å². The van der Waals surface area contributed by atoms with Crippen molar-refractivity contribution in [2.75, 3.05) is 18.5 Å². The summed E-state index contributed by atoms with van der Waals surface area (Å²) in [6.07, 6.45) is 3.65. The van der Waals surface area contributed by atoms with Crippen molar-refractivity contribution in [2.24, 2.45) is 11.7 Å². The van der Waals surface area contributed by atoms with Crippen LogP contribution in [0, 0.1) is 5.92 Å².